The van der Waals surface area contributed by atoms with Crippen LogP contribution in [0.4, 0.5) is 0 Å². The first-order valence-electron chi connectivity index (χ1n) is 22.3. The summed E-state index contributed by atoms with van der Waals surface area (Å²) in [5.41, 5.74) is 0. The summed E-state index contributed by atoms with van der Waals surface area (Å²) in [7, 11) is 0. The van der Waals surface area contributed by atoms with Gasteiger partial charge >= 0.3 is 11.9 Å². The van der Waals surface area contributed by atoms with Gasteiger partial charge < -0.3 is 19.7 Å². The molecule has 0 aromatic rings. The van der Waals surface area contributed by atoms with Gasteiger partial charge in [-0.1, -0.05) is 204 Å². The molecule has 6 nitrogen and oxygen atoms in total. The fourth-order valence-corrected chi connectivity index (χ4v) is 6.18. The molecule has 2 N–H and O–H groups in total. The molecule has 0 heterocycles. The summed E-state index contributed by atoms with van der Waals surface area (Å²) in [4.78, 5) is 24.3. The minimum atomic E-state index is -0.823. The standard InChI is InChI=1S/C48H84O6/c1-4-6-7-8-28-33-38-45(50)39-34-29-24-21-22-26-31-36-41-48(52)54-46(42-49)43-53-47(51)40-35-30-25-20-18-16-14-12-10-9-11-13-15-17-19-23-27-32-37-44(3)5-2/h6-7,22,24,26,28-29,33-34,39,44-46,49-50H,4-5,8-21,23,25,27,30-32,35-38,40-43H2,1-3H3/b7-6-,26-22-,29-24-,33-28-,39-34+/t44?,45?,46-/m0/s1. The van der Waals surface area contributed by atoms with E-state index in [2.05, 4.69) is 39.0 Å². The van der Waals surface area contributed by atoms with Crippen LogP contribution in [0.15, 0.2) is 60.8 Å². The normalized spacial score (nSPS) is 13.9. The first-order chi connectivity index (χ1) is 26.4. The zero-order chi connectivity index (χ0) is 39.6. The van der Waals surface area contributed by atoms with Gasteiger partial charge in [0.2, 0.25) is 0 Å². The van der Waals surface area contributed by atoms with Crippen molar-refractivity contribution < 1.29 is 29.3 Å². The molecule has 0 fully saturated rings. The van der Waals surface area contributed by atoms with Crippen LogP contribution in [0.3, 0.4) is 0 Å². The summed E-state index contributed by atoms with van der Waals surface area (Å²) in [6, 6.07) is 0. The zero-order valence-corrected chi connectivity index (χ0v) is 35.2. The highest BCUT2D eigenvalue weighted by atomic mass is 16.6. The summed E-state index contributed by atoms with van der Waals surface area (Å²) in [5, 5.41) is 19.5. The molecule has 0 spiro atoms. The molecule has 312 valence electrons. The van der Waals surface area contributed by atoms with Gasteiger partial charge in [-0.15, -0.1) is 0 Å². The van der Waals surface area contributed by atoms with E-state index >= 15 is 0 Å². The van der Waals surface area contributed by atoms with Crippen LogP contribution in [-0.2, 0) is 19.1 Å². The number of unbranched alkanes of at least 4 members (excludes halogenated alkanes) is 18. The van der Waals surface area contributed by atoms with E-state index in [-0.39, 0.29) is 25.6 Å². The van der Waals surface area contributed by atoms with E-state index in [9.17, 15) is 19.8 Å². The number of hydrogen-bond acceptors (Lipinski definition) is 6. The van der Waals surface area contributed by atoms with E-state index < -0.39 is 18.2 Å². The Morgan fingerprint density at radius 2 is 1.11 bits per heavy atom. The predicted molar refractivity (Wildman–Crippen MR) is 229 cm³/mol. The van der Waals surface area contributed by atoms with Crippen LogP contribution in [0.25, 0.3) is 0 Å². The van der Waals surface area contributed by atoms with Crippen molar-refractivity contribution in [3.8, 4) is 0 Å². The minimum absolute atomic E-state index is 0.106. The van der Waals surface area contributed by atoms with Crippen molar-refractivity contribution in [3.05, 3.63) is 60.8 Å². The summed E-state index contributed by atoms with van der Waals surface area (Å²) in [5.74, 6) is 0.214. The molecule has 0 aromatic heterocycles. The Labute approximate surface area is 333 Å². The quantitative estimate of drug-likeness (QED) is 0.0281. The van der Waals surface area contributed by atoms with E-state index in [1.807, 2.05) is 36.5 Å². The molecule has 0 rings (SSSR count). The predicted octanol–water partition coefficient (Wildman–Crippen LogP) is 13.2. The molecule has 0 bridgehead atoms. The molecule has 0 aliphatic carbocycles. The van der Waals surface area contributed by atoms with E-state index in [1.165, 1.54) is 109 Å². The lowest BCUT2D eigenvalue weighted by atomic mass is 9.99. The molecular formula is C48H84O6. The fraction of sp³-hybridized carbons (Fsp3) is 0.750. The van der Waals surface area contributed by atoms with E-state index in [0.717, 1.165) is 50.9 Å². The van der Waals surface area contributed by atoms with Gasteiger partial charge in [-0.25, -0.2) is 0 Å². The molecular weight excluding hydrogens is 673 g/mol. The average molecular weight is 757 g/mol. The van der Waals surface area contributed by atoms with Crippen molar-refractivity contribution in [2.24, 2.45) is 5.92 Å². The molecule has 0 aliphatic heterocycles. The van der Waals surface area contributed by atoms with Gasteiger partial charge in [0.15, 0.2) is 6.10 Å². The Kier molecular flexibility index (Phi) is 39.8. The number of rotatable bonds is 39. The molecule has 2 unspecified atom stereocenters. The summed E-state index contributed by atoms with van der Waals surface area (Å²) >= 11 is 0. The van der Waals surface area contributed by atoms with E-state index in [4.69, 9.17) is 9.47 Å². The molecule has 54 heavy (non-hydrogen) atoms. The third-order valence-corrected chi connectivity index (χ3v) is 9.95. The van der Waals surface area contributed by atoms with Gasteiger partial charge in [-0.2, -0.15) is 0 Å². The zero-order valence-electron chi connectivity index (χ0n) is 35.2. The maximum Gasteiger partial charge on any atom is 0.306 e. The topological polar surface area (TPSA) is 93.1 Å². The second-order valence-electron chi connectivity index (χ2n) is 15.2. The molecule has 0 radical (unpaired) electrons. The van der Waals surface area contributed by atoms with Crippen LogP contribution in [0.5, 0.6) is 0 Å². The molecule has 0 aromatic carbocycles. The Hall–Kier alpha value is -2.44. The average Bonchev–Trinajstić information content (AvgIpc) is 3.17. The molecule has 0 amide bonds. The number of aliphatic hydroxyl groups is 2. The Balaban J connectivity index is 3.64. The van der Waals surface area contributed by atoms with Gasteiger partial charge in [-0.3, -0.25) is 9.59 Å². The number of carbonyl (C=O) groups is 2. The lowest BCUT2D eigenvalue weighted by molar-refractivity contribution is -0.161. The van der Waals surface area contributed by atoms with Gasteiger partial charge in [-0.05, 0) is 50.9 Å². The van der Waals surface area contributed by atoms with Gasteiger partial charge in [0.25, 0.3) is 0 Å². The lowest BCUT2D eigenvalue weighted by Gasteiger charge is -2.15. The highest BCUT2D eigenvalue weighted by Crippen LogP contribution is 2.17. The van der Waals surface area contributed by atoms with Crippen molar-refractivity contribution in [2.45, 2.75) is 213 Å². The van der Waals surface area contributed by atoms with Crippen LogP contribution < -0.4 is 0 Å². The van der Waals surface area contributed by atoms with Crippen molar-refractivity contribution in [2.75, 3.05) is 13.2 Å². The first-order valence-corrected chi connectivity index (χ1v) is 22.3. The first kappa shape index (κ1) is 51.6. The van der Waals surface area contributed by atoms with E-state index in [1.54, 1.807) is 6.08 Å². The second kappa shape index (κ2) is 41.7. The van der Waals surface area contributed by atoms with Crippen LogP contribution in [0.2, 0.25) is 0 Å². The Morgan fingerprint density at radius 3 is 1.69 bits per heavy atom. The largest absolute Gasteiger partial charge is 0.462 e. The minimum Gasteiger partial charge on any atom is -0.462 e. The number of ether oxygens (including phenoxy) is 2. The number of aliphatic hydroxyl groups excluding tert-OH is 2. The second-order valence-corrected chi connectivity index (χ2v) is 15.2. The van der Waals surface area contributed by atoms with Crippen molar-refractivity contribution >= 4 is 11.9 Å². The Bertz CT molecular complexity index is 980. The van der Waals surface area contributed by atoms with Crippen LogP contribution in [0.1, 0.15) is 201 Å². The maximum atomic E-state index is 12.2. The lowest BCUT2D eigenvalue weighted by Crippen LogP contribution is -2.28. The van der Waals surface area contributed by atoms with Crippen LogP contribution in [-0.4, -0.2) is 47.6 Å². The molecule has 3 atom stereocenters. The number of hydrogen-bond donors (Lipinski definition) is 2. The SMILES string of the molecule is CC/C=C\C/C=C\CC(O)/C=C/C=C\C/C=C\CCCC(=O)O[C@@H](CO)COC(=O)CCCCCCCCCCCCCCCCCCCCC(C)CC. The number of esters is 2. The van der Waals surface area contributed by atoms with Crippen LogP contribution in [0, 0.1) is 5.92 Å². The van der Waals surface area contributed by atoms with Crippen molar-refractivity contribution in [3.63, 3.8) is 0 Å². The number of allylic oxidation sites excluding steroid dienone is 8. The van der Waals surface area contributed by atoms with Gasteiger partial charge in [0, 0.05) is 12.8 Å². The van der Waals surface area contributed by atoms with Crippen LogP contribution >= 0.6 is 0 Å². The van der Waals surface area contributed by atoms with Gasteiger partial charge in [0.1, 0.15) is 6.61 Å². The summed E-state index contributed by atoms with van der Waals surface area (Å²) in [6.45, 7) is 6.31. The molecule has 0 saturated heterocycles. The smallest absolute Gasteiger partial charge is 0.306 e. The van der Waals surface area contributed by atoms with Crippen molar-refractivity contribution in [1.29, 1.82) is 0 Å². The fourth-order valence-electron chi connectivity index (χ4n) is 6.18. The third-order valence-electron chi connectivity index (χ3n) is 9.95. The Morgan fingerprint density at radius 1 is 0.593 bits per heavy atom. The molecule has 0 saturated carbocycles. The third kappa shape index (κ3) is 39.3. The highest BCUT2D eigenvalue weighted by molar-refractivity contribution is 5.70. The van der Waals surface area contributed by atoms with Crippen molar-refractivity contribution in [1.82, 2.24) is 0 Å². The maximum absolute atomic E-state index is 12.2. The number of carbonyl (C=O) groups excluding carboxylic acids is 2. The monoisotopic (exact) mass is 757 g/mol. The summed E-state index contributed by atoms with van der Waals surface area (Å²) in [6.07, 6.45) is 50.4. The molecule has 6 heteroatoms. The van der Waals surface area contributed by atoms with E-state index in [0.29, 0.717) is 19.3 Å². The molecule has 0 aliphatic rings. The summed E-state index contributed by atoms with van der Waals surface area (Å²) < 4.78 is 10.6. The highest BCUT2D eigenvalue weighted by Gasteiger charge is 2.16. The van der Waals surface area contributed by atoms with Gasteiger partial charge in [0.05, 0.1) is 12.7 Å².